The summed E-state index contributed by atoms with van der Waals surface area (Å²) in [6.07, 6.45) is -1.15. The van der Waals surface area contributed by atoms with Gasteiger partial charge < -0.3 is 4.74 Å². The molecule has 0 bridgehead atoms. The number of fused-ring (bicyclic) bond motifs is 1. The van der Waals surface area contributed by atoms with Crippen LogP contribution in [0.2, 0.25) is 0 Å². The Labute approximate surface area is 184 Å². The van der Waals surface area contributed by atoms with E-state index in [-0.39, 0.29) is 17.9 Å². The highest BCUT2D eigenvalue weighted by atomic mass is 32.2. The number of benzene rings is 3. The Morgan fingerprint density at radius 1 is 0.969 bits per heavy atom. The summed E-state index contributed by atoms with van der Waals surface area (Å²) in [6.45, 7) is 1.31. The van der Waals surface area contributed by atoms with Gasteiger partial charge in [-0.15, -0.1) is 0 Å². The Morgan fingerprint density at radius 3 is 2.38 bits per heavy atom. The minimum atomic E-state index is -3.79. The zero-order valence-corrected chi connectivity index (χ0v) is 18.0. The molecule has 0 spiro atoms. The van der Waals surface area contributed by atoms with Gasteiger partial charge in [0.25, 0.3) is 5.91 Å². The summed E-state index contributed by atoms with van der Waals surface area (Å²) >= 11 is 0. The summed E-state index contributed by atoms with van der Waals surface area (Å²) in [5.41, 5.74) is 4.39. The van der Waals surface area contributed by atoms with Crippen LogP contribution in [0, 0.1) is 5.82 Å². The van der Waals surface area contributed by atoms with Crippen LogP contribution < -0.4 is 20.3 Å². The van der Waals surface area contributed by atoms with Gasteiger partial charge in [-0.3, -0.25) is 20.4 Å². The van der Waals surface area contributed by atoms with Gasteiger partial charge in [-0.2, -0.15) is 0 Å². The molecule has 1 unspecified atom stereocenters. The molecule has 0 saturated carbocycles. The lowest BCUT2D eigenvalue weighted by atomic mass is 10.1. The van der Waals surface area contributed by atoms with Gasteiger partial charge >= 0.3 is 0 Å². The second-order valence-electron chi connectivity index (χ2n) is 6.91. The lowest BCUT2D eigenvalue weighted by Gasteiger charge is -2.15. The standard InChI is InChI=1S/C22H22FN3O5S/c1-15(31-19-9-7-18(23)8-10-19)22(28)26-25-21(27)12-13-24-32(29,30)20-11-6-16-4-2-3-5-17(16)14-20/h2-11,14-15,24H,12-13H2,1H3,(H,25,27)(H,26,28). The minimum Gasteiger partial charge on any atom is -0.481 e. The summed E-state index contributed by atoms with van der Waals surface area (Å²) in [7, 11) is -3.79. The molecule has 1 atom stereocenters. The molecule has 3 N–H and O–H groups in total. The van der Waals surface area contributed by atoms with E-state index in [1.54, 1.807) is 12.1 Å². The van der Waals surface area contributed by atoms with E-state index in [0.717, 1.165) is 10.8 Å². The summed E-state index contributed by atoms with van der Waals surface area (Å²) in [5.74, 6) is -1.35. The van der Waals surface area contributed by atoms with Crippen molar-refractivity contribution >= 4 is 32.6 Å². The molecule has 0 heterocycles. The third-order valence-corrected chi connectivity index (χ3v) is 5.95. The Morgan fingerprint density at radius 2 is 1.66 bits per heavy atom. The van der Waals surface area contributed by atoms with E-state index in [2.05, 4.69) is 15.6 Å². The second kappa shape index (κ2) is 10.2. The Hall–Kier alpha value is -3.50. The lowest BCUT2D eigenvalue weighted by Crippen LogP contribution is -2.47. The van der Waals surface area contributed by atoms with Crippen LogP contribution in [0.1, 0.15) is 13.3 Å². The number of hydrogen-bond acceptors (Lipinski definition) is 5. The largest absolute Gasteiger partial charge is 0.481 e. The van der Waals surface area contributed by atoms with Crippen LogP contribution in [0.5, 0.6) is 5.75 Å². The van der Waals surface area contributed by atoms with Crippen molar-refractivity contribution in [1.29, 1.82) is 0 Å². The SMILES string of the molecule is CC(Oc1ccc(F)cc1)C(=O)NNC(=O)CCNS(=O)(=O)c1ccc2ccccc2c1. The molecular formula is C22H22FN3O5S. The van der Waals surface area contributed by atoms with Crippen LogP contribution in [-0.2, 0) is 19.6 Å². The first kappa shape index (κ1) is 23.2. The normalized spacial score (nSPS) is 12.2. The third-order valence-electron chi connectivity index (χ3n) is 4.50. The van der Waals surface area contributed by atoms with Crippen molar-refractivity contribution in [2.24, 2.45) is 0 Å². The number of ether oxygens (including phenoxy) is 1. The molecule has 0 fully saturated rings. The molecule has 0 aliphatic heterocycles. The van der Waals surface area contributed by atoms with Crippen molar-refractivity contribution in [3.63, 3.8) is 0 Å². The average Bonchev–Trinajstić information content (AvgIpc) is 2.78. The molecular weight excluding hydrogens is 437 g/mol. The molecule has 3 rings (SSSR count). The first-order valence-corrected chi connectivity index (χ1v) is 11.2. The van der Waals surface area contributed by atoms with Gasteiger partial charge in [-0.05, 0) is 54.1 Å². The predicted octanol–water partition coefficient (Wildman–Crippen LogP) is 2.26. The number of sulfonamides is 1. The lowest BCUT2D eigenvalue weighted by molar-refractivity contribution is -0.132. The minimum absolute atomic E-state index is 0.0941. The quantitative estimate of drug-likeness (QED) is 0.447. The monoisotopic (exact) mass is 459 g/mol. The number of rotatable bonds is 8. The van der Waals surface area contributed by atoms with Crippen LogP contribution >= 0.6 is 0 Å². The number of hydrogen-bond donors (Lipinski definition) is 3. The van der Waals surface area contributed by atoms with Gasteiger partial charge in [0.05, 0.1) is 4.90 Å². The van der Waals surface area contributed by atoms with Crippen molar-refractivity contribution < 1.29 is 27.1 Å². The molecule has 3 aromatic rings. The Kier molecular flexibility index (Phi) is 7.39. The van der Waals surface area contributed by atoms with E-state index in [1.165, 1.54) is 37.3 Å². The number of halogens is 1. The number of hydrazine groups is 1. The van der Waals surface area contributed by atoms with E-state index >= 15 is 0 Å². The molecule has 2 amide bonds. The van der Waals surface area contributed by atoms with E-state index in [0.29, 0.717) is 5.75 Å². The highest BCUT2D eigenvalue weighted by molar-refractivity contribution is 7.89. The molecule has 0 radical (unpaired) electrons. The van der Waals surface area contributed by atoms with E-state index < -0.39 is 33.8 Å². The first-order chi connectivity index (χ1) is 15.2. The van der Waals surface area contributed by atoms with E-state index in [4.69, 9.17) is 4.74 Å². The topological polar surface area (TPSA) is 114 Å². The highest BCUT2D eigenvalue weighted by Crippen LogP contribution is 2.18. The van der Waals surface area contributed by atoms with Crippen LogP contribution in [0.15, 0.2) is 71.6 Å². The fraction of sp³-hybridized carbons (Fsp3) is 0.182. The average molecular weight is 459 g/mol. The van der Waals surface area contributed by atoms with E-state index in [1.807, 2.05) is 24.3 Å². The van der Waals surface area contributed by atoms with Crippen LogP contribution in [-0.4, -0.2) is 32.9 Å². The molecule has 0 aliphatic carbocycles. The van der Waals surface area contributed by atoms with Gasteiger partial charge in [-0.25, -0.2) is 17.5 Å². The molecule has 168 valence electrons. The van der Waals surface area contributed by atoms with Crippen LogP contribution in [0.4, 0.5) is 4.39 Å². The zero-order valence-electron chi connectivity index (χ0n) is 17.2. The van der Waals surface area contributed by atoms with Crippen LogP contribution in [0.3, 0.4) is 0 Å². The Balaban J connectivity index is 1.43. The number of carbonyl (C=O) groups is 2. The molecule has 32 heavy (non-hydrogen) atoms. The van der Waals surface area contributed by atoms with Gasteiger partial charge in [-0.1, -0.05) is 30.3 Å². The molecule has 8 nitrogen and oxygen atoms in total. The smallest absolute Gasteiger partial charge is 0.279 e. The fourth-order valence-electron chi connectivity index (χ4n) is 2.78. The predicted molar refractivity (Wildman–Crippen MR) is 117 cm³/mol. The van der Waals surface area contributed by atoms with Crippen molar-refractivity contribution in [2.75, 3.05) is 6.54 Å². The maximum absolute atomic E-state index is 12.9. The summed E-state index contributed by atoms with van der Waals surface area (Å²) in [6, 6.07) is 17.3. The van der Waals surface area contributed by atoms with E-state index in [9.17, 15) is 22.4 Å². The van der Waals surface area contributed by atoms with Gasteiger partial charge in [0.15, 0.2) is 6.10 Å². The van der Waals surface area contributed by atoms with Gasteiger partial charge in [0.2, 0.25) is 15.9 Å². The molecule has 10 heteroatoms. The van der Waals surface area contributed by atoms with Crippen molar-refractivity contribution in [2.45, 2.75) is 24.3 Å². The maximum atomic E-state index is 12.9. The number of carbonyl (C=O) groups excluding carboxylic acids is 2. The van der Waals surface area contributed by atoms with Crippen LogP contribution in [0.25, 0.3) is 10.8 Å². The fourth-order valence-corrected chi connectivity index (χ4v) is 3.85. The van der Waals surface area contributed by atoms with Crippen molar-refractivity contribution in [3.05, 3.63) is 72.5 Å². The number of amides is 2. The molecule has 0 aromatic heterocycles. The highest BCUT2D eigenvalue weighted by Gasteiger charge is 2.17. The zero-order chi connectivity index (χ0) is 23.1. The summed E-state index contributed by atoms with van der Waals surface area (Å²) in [4.78, 5) is 24.0. The first-order valence-electron chi connectivity index (χ1n) is 9.74. The Bertz CT molecular complexity index is 1220. The van der Waals surface area contributed by atoms with Crippen molar-refractivity contribution in [1.82, 2.24) is 15.6 Å². The summed E-state index contributed by atoms with van der Waals surface area (Å²) < 4.78 is 45.5. The number of nitrogens with one attached hydrogen (secondary N) is 3. The third kappa shape index (κ3) is 6.25. The van der Waals surface area contributed by atoms with Crippen molar-refractivity contribution in [3.8, 4) is 5.75 Å². The summed E-state index contributed by atoms with van der Waals surface area (Å²) in [5, 5.41) is 1.70. The van der Waals surface area contributed by atoms with Gasteiger partial charge in [0, 0.05) is 13.0 Å². The molecule has 0 saturated heterocycles. The second-order valence-corrected chi connectivity index (χ2v) is 8.68. The van der Waals surface area contributed by atoms with Gasteiger partial charge in [0.1, 0.15) is 11.6 Å². The molecule has 0 aliphatic rings. The molecule has 3 aromatic carbocycles. The maximum Gasteiger partial charge on any atom is 0.279 e.